The quantitative estimate of drug-likeness (QED) is 0.766. The van der Waals surface area contributed by atoms with E-state index in [1.165, 1.54) is 18.3 Å². The van der Waals surface area contributed by atoms with Crippen LogP contribution in [0.4, 0.5) is 4.39 Å². The van der Waals surface area contributed by atoms with Gasteiger partial charge in [-0.1, -0.05) is 12.1 Å². The minimum Gasteiger partial charge on any atom is -0.504 e. The summed E-state index contributed by atoms with van der Waals surface area (Å²) in [5.74, 6) is -1.39. The molecule has 8 heteroatoms. The van der Waals surface area contributed by atoms with Crippen LogP contribution in [0.5, 0.6) is 5.75 Å². The van der Waals surface area contributed by atoms with E-state index in [1.54, 1.807) is 43.2 Å². The van der Waals surface area contributed by atoms with Gasteiger partial charge in [0.25, 0.3) is 5.91 Å². The van der Waals surface area contributed by atoms with E-state index in [4.69, 9.17) is 0 Å². The first-order valence-corrected chi connectivity index (χ1v) is 7.28. The van der Waals surface area contributed by atoms with E-state index >= 15 is 0 Å². The maximum atomic E-state index is 13.8. The molecule has 1 amide bonds. The van der Waals surface area contributed by atoms with Crippen LogP contribution in [0, 0.1) is 5.82 Å². The van der Waals surface area contributed by atoms with Gasteiger partial charge in [-0.25, -0.2) is 9.07 Å². The van der Waals surface area contributed by atoms with Crippen molar-refractivity contribution in [2.75, 3.05) is 0 Å². The van der Waals surface area contributed by atoms with Crippen molar-refractivity contribution < 1.29 is 14.3 Å². The molecule has 2 heterocycles. The summed E-state index contributed by atoms with van der Waals surface area (Å²) in [4.78, 5) is 12.3. The van der Waals surface area contributed by atoms with Crippen molar-refractivity contribution in [1.82, 2.24) is 24.9 Å². The number of hydrogen-bond donors (Lipinski definition) is 2. The second-order valence-electron chi connectivity index (χ2n) is 5.40. The summed E-state index contributed by atoms with van der Waals surface area (Å²) in [6, 6.07) is 5.65. The van der Waals surface area contributed by atoms with Gasteiger partial charge in [0.1, 0.15) is 11.5 Å². The zero-order valence-corrected chi connectivity index (χ0v) is 13.1. The fourth-order valence-electron chi connectivity index (χ4n) is 2.30. The van der Waals surface area contributed by atoms with Gasteiger partial charge in [-0.3, -0.25) is 9.48 Å². The highest BCUT2D eigenvalue weighted by atomic mass is 19.1. The molecule has 2 N–H and O–H groups in total. The third-order valence-corrected chi connectivity index (χ3v) is 3.58. The number of rotatable bonds is 4. The molecular weight excluding hydrogens is 313 g/mol. The Morgan fingerprint density at radius 2 is 2.08 bits per heavy atom. The van der Waals surface area contributed by atoms with Crippen LogP contribution in [-0.4, -0.2) is 30.6 Å². The summed E-state index contributed by atoms with van der Waals surface area (Å²) in [6.45, 7) is 1.79. The molecule has 0 aliphatic rings. The largest absolute Gasteiger partial charge is 0.504 e. The molecule has 1 unspecified atom stereocenters. The number of nitrogens with one attached hydrogen (secondary N) is 1. The van der Waals surface area contributed by atoms with E-state index in [9.17, 15) is 14.3 Å². The lowest BCUT2D eigenvalue weighted by molar-refractivity contribution is 0.0931. The molecule has 124 valence electrons. The maximum absolute atomic E-state index is 13.8. The molecule has 0 bridgehead atoms. The Kier molecular flexibility index (Phi) is 4.03. The standard InChI is InChI=1S/C16H16FN5O2/c1-10(11-7-18-21(2)8-11)19-16(24)15-14(23)9-22(20-15)13-6-4-3-5-12(13)17/h3-10,23H,1-2H3,(H,19,24). The Bertz CT molecular complexity index is 886. The van der Waals surface area contributed by atoms with Gasteiger partial charge in [-0.2, -0.15) is 10.2 Å². The molecule has 0 fully saturated rings. The number of carbonyl (C=O) groups is 1. The number of carbonyl (C=O) groups excluding carboxylic acids is 1. The van der Waals surface area contributed by atoms with E-state index < -0.39 is 11.7 Å². The Morgan fingerprint density at radius 1 is 1.33 bits per heavy atom. The fourth-order valence-corrected chi connectivity index (χ4v) is 2.30. The van der Waals surface area contributed by atoms with Crippen LogP contribution in [0.2, 0.25) is 0 Å². The number of aromatic nitrogens is 4. The first-order chi connectivity index (χ1) is 11.5. The number of para-hydroxylation sites is 1. The normalized spacial score (nSPS) is 12.1. The number of amides is 1. The molecule has 3 rings (SSSR count). The zero-order valence-electron chi connectivity index (χ0n) is 13.1. The molecule has 0 aliphatic carbocycles. The van der Waals surface area contributed by atoms with Gasteiger partial charge < -0.3 is 10.4 Å². The average Bonchev–Trinajstić information content (AvgIpc) is 3.14. The third kappa shape index (κ3) is 2.98. The first-order valence-electron chi connectivity index (χ1n) is 7.28. The summed E-state index contributed by atoms with van der Waals surface area (Å²) in [6.07, 6.45) is 4.62. The molecular formula is C16H16FN5O2. The number of aromatic hydroxyl groups is 1. The molecule has 24 heavy (non-hydrogen) atoms. The molecule has 2 aromatic heterocycles. The van der Waals surface area contributed by atoms with Crippen molar-refractivity contribution in [1.29, 1.82) is 0 Å². The monoisotopic (exact) mass is 329 g/mol. The highest BCUT2D eigenvalue weighted by Gasteiger charge is 2.20. The van der Waals surface area contributed by atoms with Crippen LogP contribution in [-0.2, 0) is 7.05 Å². The molecule has 0 saturated heterocycles. The van der Waals surface area contributed by atoms with Crippen LogP contribution >= 0.6 is 0 Å². The SMILES string of the molecule is CC(NC(=O)c1nn(-c2ccccc2F)cc1O)c1cnn(C)c1. The predicted molar refractivity (Wildman–Crippen MR) is 84.3 cm³/mol. The molecule has 0 saturated carbocycles. The minimum atomic E-state index is -0.557. The molecule has 0 spiro atoms. The topological polar surface area (TPSA) is 85.0 Å². The Morgan fingerprint density at radius 3 is 2.75 bits per heavy atom. The minimum absolute atomic E-state index is 0.146. The van der Waals surface area contributed by atoms with Crippen LogP contribution in [0.1, 0.15) is 29.0 Å². The summed E-state index contributed by atoms with van der Waals surface area (Å²) in [7, 11) is 1.78. The Labute approximate surface area is 137 Å². The van der Waals surface area contributed by atoms with E-state index in [0.29, 0.717) is 0 Å². The van der Waals surface area contributed by atoms with Crippen LogP contribution in [0.25, 0.3) is 5.69 Å². The number of benzene rings is 1. The molecule has 0 radical (unpaired) electrons. The maximum Gasteiger partial charge on any atom is 0.276 e. The van der Waals surface area contributed by atoms with Gasteiger partial charge in [-0.15, -0.1) is 0 Å². The lowest BCUT2D eigenvalue weighted by atomic mass is 10.2. The van der Waals surface area contributed by atoms with Crippen molar-refractivity contribution in [3.8, 4) is 11.4 Å². The predicted octanol–water partition coefficient (Wildman–Crippen LogP) is 1.94. The first kappa shape index (κ1) is 15.7. The summed E-state index contributed by atoms with van der Waals surface area (Å²) >= 11 is 0. The summed E-state index contributed by atoms with van der Waals surface area (Å²) in [5, 5.41) is 20.7. The van der Waals surface area contributed by atoms with Gasteiger partial charge in [0.05, 0.1) is 18.4 Å². The molecule has 0 aliphatic heterocycles. The van der Waals surface area contributed by atoms with Gasteiger partial charge in [-0.05, 0) is 19.1 Å². The van der Waals surface area contributed by atoms with Crippen molar-refractivity contribution in [3.05, 3.63) is 59.9 Å². The van der Waals surface area contributed by atoms with Crippen LogP contribution in [0.3, 0.4) is 0 Å². The van der Waals surface area contributed by atoms with Gasteiger partial charge in [0.2, 0.25) is 0 Å². The van der Waals surface area contributed by atoms with Crippen molar-refractivity contribution >= 4 is 5.91 Å². The highest BCUT2D eigenvalue weighted by molar-refractivity contribution is 5.95. The summed E-state index contributed by atoms with van der Waals surface area (Å²) in [5.41, 5.74) is 0.792. The second kappa shape index (κ2) is 6.15. The third-order valence-electron chi connectivity index (χ3n) is 3.58. The van der Waals surface area contributed by atoms with E-state index in [0.717, 1.165) is 10.2 Å². The smallest absolute Gasteiger partial charge is 0.276 e. The second-order valence-corrected chi connectivity index (χ2v) is 5.40. The number of halogens is 1. The Balaban J connectivity index is 1.82. The average molecular weight is 329 g/mol. The van der Waals surface area contributed by atoms with Gasteiger partial charge in [0, 0.05) is 18.8 Å². The van der Waals surface area contributed by atoms with Crippen molar-refractivity contribution in [2.45, 2.75) is 13.0 Å². The van der Waals surface area contributed by atoms with Crippen LogP contribution < -0.4 is 5.32 Å². The lowest BCUT2D eigenvalue weighted by Gasteiger charge is -2.10. The molecule has 7 nitrogen and oxygen atoms in total. The zero-order chi connectivity index (χ0) is 17.3. The van der Waals surface area contributed by atoms with Crippen LogP contribution in [0.15, 0.2) is 42.9 Å². The van der Waals surface area contributed by atoms with Gasteiger partial charge >= 0.3 is 0 Å². The van der Waals surface area contributed by atoms with Crippen molar-refractivity contribution in [3.63, 3.8) is 0 Å². The number of hydrogen-bond acceptors (Lipinski definition) is 4. The van der Waals surface area contributed by atoms with E-state index in [1.807, 2.05) is 0 Å². The molecule has 1 atom stereocenters. The van der Waals surface area contributed by atoms with Crippen molar-refractivity contribution in [2.24, 2.45) is 7.05 Å². The highest BCUT2D eigenvalue weighted by Crippen LogP contribution is 2.21. The Hall–Kier alpha value is -3.16. The number of nitrogens with zero attached hydrogens (tertiary/aromatic N) is 4. The van der Waals surface area contributed by atoms with Gasteiger partial charge in [0.15, 0.2) is 11.4 Å². The number of aryl methyl sites for hydroxylation is 1. The van der Waals surface area contributed by atoms with E-state index in [2.05, 4.69) is 15.5 Å². The molecule has 3 aromatic rings. The molecule has 1 aromatic carbocycles. The fraction of sp³-hybridized carbons (Fsp3) is 0.188. The van der Waals surface area contributed by atoms with E-state index in [-0.39, 0.29) is 23.2 Å². The lowest BCUT2D eigenvalue weighted by Crippen LogP contribution is -2.27. The summed E-state index contributed by atoms with van der Waals surface area (Å²) < 4.78 is 16.6.